The maximum absolute atomic E-state index is 9.27. The molecule has 2 aliphatic heterocycles. The highest BCUT2D eigenvalue weighted by Crippen LogP contribution is 2.41. The van der Waals surface area contributed by atoms with Gasteiger partial charge in [0.2, 0.25) is 0 Å². The number of nitriles is 2. The van der Waals surface area contributed by atoms with E-state index in [1.807, 2.05) is 67.6 Å². The molecule has 0 saturated heterocycles. The summed E-state index contributed by atoms with van der Waals surface area (Å²) in [5, 5.41) is 18.5. The molecule has 2 aliphatic rings. The fourth-order valence-electron chi connectivity index (χ4n) is 4.35. The van der Waals surface area contributed by atoms with Crippen molar-refractivity contribution in [3.63, 3.8) is 0 Å². The fraction of sp³-hybridized carbons (Fsp3) is 0.0625. The molecule has 0 N–H and O–H groups in total. The summed E-state index contributed by atoms with van der Waals surface area (Å²) in [5.74, 6) is 2.42. The van der Waals surface area contributed by atoms with Crippen molar-refractivity contribution in [3.05, 3.63) is 137 Å². The van der Waals surface area contributed by atoms with Crippen LogP contribution >= 0.6 is 0 Å². The van der Waals surface area contributed by atoms with Crippen molar-refractivity contribution in [2.45, 2.75) is 13.8 Å². The number of benzene rings is 3. The Labute approximate surface area is 216 Å². The number of ether oxygens (including phenoxy) is 2. The van der Waals surface area contributed by atoms with Gasteiger partial charge in [-0.3, -0.25) is 0 Å². The summed E-state index contributed by atoms with van der Waals surface area (Å²) < 4.78 is 12.2. The van der Waals surface area contributed by atoms with Crippen LogP contribution in [0.25, 0.3) is 5.57 Å². The van der Waals surface area contributed by atoms with E-state index >= 15 is 0 Å². The largest absolute Gasteiger partial charge is 0.462 e. The van der Waals surface area contributed by atoms with Gasteiger partial charge in [0.1, 0.15) is 40.7 Å². The molecule has 0 unspecified atom stereocenters. The molecular formula is C32H23N3O2. The molecule has 2 heterocycles. The standard InChI is InChI=1S/C32H23N3O2/c1-22-15-29(19-30-17-24(16-23(2)36-30)25(20-33)21-34)37-32-18-28(13-14-31(22)32)35(26-9-5-3-6-10-26)27-11-7-4-8-12-27/h3-19H,1-2H3/b29-19+. The monoisotopic (exact) mass is 481 g/mol. The smallest absolute Gasteiger partial charge is 0.137 e. The lowest BCUT2D eigenvalue weighted by molar-refractivity contribution is 0.313. The van der Waals surface area contributed by atoms with Crippen LogP contribution in [0.15, 0.2) is 132 Å². The number of para-hydroxylation sites is 2. The Balaban J connectivity index is 1.53. The summed E-state index contributed by atoms with van der Waals surface area (Å²) in [7, 11) is 0. The molecule has 5 heteroatoms. The molecule has 0 aromatic heterocycles. The number of hydrogen-bond acceptors (Lipinski definition) is 5. The molecule has 0 saturated carbocycles. The maximum atomic E-state index is 9.27. The molecule has 37 heavy (non-hydrogen) atoms. The van der Waals surface area contributed by atoms with Gasteiger partial charge < -0.3 is 14.4 Å². The molecule has 0 bridgehead atoms. The van der Waals surface area contributed by atoms with Crippen molar-refractivity contribution in [2.75, 3.05) is 4.90 Å². The van der Waals surface area contributed by atoms with Crippen molar-refractivity contribution >= 4 is 22.6 Å². The Morgan fingerprint density at radius 3 is 2.03 bits per heavy atom. The number of fused-ring (bicyclic) bond motifs is 1. The maximum Gasteiger partial charge on any atom is 0.137 e. The van der Waals surface area contributed by atoms with Crippen LogP contribution in [0.5, 0.6) is 5.75 Å². The van der Waals surface area contributed by atoms with Gasteiger partial charge in [-0.25, -0.2) is 0 Å². The van der Waals surface area contributed by atoms with Gasteiger partial charge in [0.15, 0.2) is 0 Å². The topological polar surface area (TPSA) is 69.3 Å². The lowest BCUT2D eigenvalue weighted by Gasteiger charge is -2.27. The van der Waals surface area contributed by atoms with Crippen LogP contribution in [0.3, 0.4) is 0 Å². The molecule has 3 aromatic rings. The van der Waals surface area contributed by atoms with Crippen LogP contribution in [0.2, 0.25) is 0 Å². The third-order valence-corrected chi connectivity index (χ3v) is 6.00. The number of hydrogen-bond donors (Lipinski definition) is 0. The zero-order valence-electron chi connectivity index (χ0n) is 20.5. The normalized spacial score (nSPS) is 15.1. The third kappa shape index (κ3) is 4.93. The lowest BCUT2D eigenvalue weighted by atomic mass is 10.0. The average Bonchev–Trinajstić information content (AvgIpc) is 2.90. The van der Waals surface area contributed by atoms with Crippen molar-refractivity contribution in [2.24, 2.45) is 0 Å². The van der Waals surface area contributed by atoms with Gasteiger partial charge in [0.05, 0.1) is 0 Å². The molecule has 0 fully saturated rings. The van der Waals surface area contributed by atoms with E-state index in [9.17, 15) is 10.5 Å². The number of nitrogens with zero attached hydrogens (tertiary/aromatic N) is 3. The van der Waals surface area contributed by atoms with Crippen molar-refractivity contribution in [3.8, 4) is 17.9 Å². The van der Waals surface area contributed by atoms with E-state index in [0.717, 1.165) is 33.9 Å². The van der Waals surface area contributed by atoms with Crippen LogP contribution in [-0.2, 0) is 4.74 Å². The Kier molecular flexibility index (Phi) is 6.45. The second-order valence-electron chi connectivity index (χ2n) is 8.62. The molecule has 5 nitrogen and oxygen atoms in total. The SMILES string of the molecule is CC1=CC(=C(C#N)C#N)C=C(/C=C2\C=C(C)c3ccc(N(c4ccccc4)c4ccccc4)cc3O2)O1. The zero-order valence-corrected chi connectivity index (χ0v) is 20.5. The van der Waals surface area contributed by atoms with E-state index in [4.69, 9.17) is 9.47 Å². The molecule has 5 rings (SSSR count). The lowest BCUT2D eigenvalue weighted by Crippen LogP contribution is -2.11. The molecule has 0 radical (unpaired) electrons. The van der Waals surface area contributed by atoms with Crippen LogP contribution in [0, 0.1) is 22.7 Å². The molecular weight excluding hydrogens is 458 g/mol. The third-order valence-electron chi connectivity index (χ3n) is 6.00. The summed E-state index contributed by atoms with van der Waals surface area (Å²) in [6, 6.07) is 30.5. The number of anilines is 3. The fourth-order valence-corrected chi connectivity index (χ4v) is 4.35. The first-order valence-electron chi connectivity index (χ1n) is 11.8. The Morgan fingerprint density at radius 2 is 1.41 bits per heavy atom. The van der Waals surface area contributed by atoms with E-state index in [0.29, 0.717) is 22.9 Å². The quantitative estimate of drug-likeness (QED) is 0.353. The minimum Gasteiger partial charge on any atom is -0.462 e. The molecule has 0 spiro atoms. The van der Waals surface area contributed by atoms with Crippen LogP contribution in [0.1, 0.15) is 19.4 Å². The van der Waals surface area contributed by atoms with E-state index in [1.165, 1.54) is 0 Å². The van der Waals surface area contributed by atoms with E-state index < -0.39 is 0 Å². The van der Waals surface area contributed by atoms with Gasteiger partial charge in [0.25, 0.3) is 0 Å². The molecule has 0 aliphatic carbocycles. The predicted molar refractivity (Wildman–Crippen MR) is 145 cm³/mol. The Bertz CT molecular complexity index is 1540. The van der Waals surface area contributed by atoms with Gasteiger partial charge in [-0.1, -0.05) is 36.4 Å². The molecule has 178 valence electrons. The van der Waals surface area contributed by atoms with E-state index in [2.05, 4.69) is 41.3 Å². The Morgan fingerprint density at radius 1 is 0.757 bits per heavy atom. The van der Waals surface area contributed by atoms with Gasteiger partial charge in [-0.05, 0) is 74.0 Å². The van der Waals surface area contributed by atoms with Gasteiger partial charge >= 0.3 is 0 Å². The summed E-state index contributed by atoms with van der Waals surface area (Å²) in [5.41, 5.74) is 5.66. The molecule has 0 atom stereocenters. The van der Waals surface area contributed by atoms with Crippen molar-refractivity contribution in [1.82, 2.24) is 0 Å². The van der Waals surface area contributed by atoms with Gasteiger partial charge in [-0.2, -0.15) is 10.5 Å². The first kappa shape index (κ1) is 23.5. The van der Waals surface area contributed by atoms with Crippen LogP contribution in [0.4, 0.5) is 17.1 Å². The first-order chi connectivity index (χ1) is 18.1. The molecule has 3 aromatic carbocycles. The minimum absolute atomic E-state index is 0.0340. The van der Waals surface area contributed by atoms with E-state index in [1.54, 1.807) is 25.2 Å². The van der Waals surface area contributed by atoms with E-state index in [-0.39, 0.29) is 5.57 Å². The average molecular weight is 482 g/mol. The first-order valence-corrected chi connectivity index (χ1v) is 11.8. The number of rotatable bonds is 4. The van der Waals surface area contributed by atoms with Gasteiger partial charge in [0, 0.05) is 40.3 Å². The predicted octanol–water partition coefficient (Wildman–Crippen LogP) is 8.00. The van der Waals surface area contributed by atoms with Crippen molar-refractivity contribution in [1.29, 1.82) is 10.5 Å². The zero-order chi connectivity index (χ0) is 25.8. The summed E-state index contributed by atoms with van der Waals surface area (Å²) >= 11 is 0. The summed E-state index contributed by atoms with van der Waals surface area (Å²) in [6.07, 6.45) is 7.07. The number of allylic oxidation sites excluding steroid dienone is 8. The summed E-state index contributed by atoms with van der Waals surface area (Å²) in [4.78, 5) is 2.18. The highest BCUT2D eigenvalue weighted by atomic mass is 16.5. The Hall–Kier alpha value is -5.26. The second-order valence-corrected chi connectivity index (χ2v) is 8.62. The summed E-state index contributed by atoms with van der Waals surface area (Å²) in [6.45, 7) is 3.82. The minimum atomic E-state index is 0.0340. The highest BCUT2D eigenvalue weighted by Gasteiger charge is 2.20. The van der Waals surface area contributed by atoms with Crippen LogP contribution in [-0.4, -0.2) is 0 Å². The second kappa shape index (κ2) is 10.2. The van der Waals surface area contributed by atoms with Gasteiger partial charge in [-0.15, -0.1) is 0 Å². The van der Waals surface area contributed by atoms with Crippen LogP contribution < -0.4 is 9.64 Å². The molecule has 0 amide bonds. The van der Waals surface area contributed by atoms with Crippen molar-refractivity contribution < 1.29 is 9.47 Å². The highest BCUT2D eigenvalue weighted by molar-refractivity contribution is 5.81.